The Morgan fingerprint density at radius 2 is 2.10 bits per heavy atom. The van der Waals surface area contributed by atoms with Gasteiger partial charge in [-0.2, -0.15) is 4.98 Å². The third kappa shape index (κ3) is 1.92. The number of aromatic nitrogens is 2. The molecule has 0 aliphatic heterocycles. The first kappa shape index (κ1) is 12.9. The number of methoxy groups -OCH3 is 2. The van der Waals surface area contributed by atoms with Crippen LogP contribution in [0, 0.1) is 0 Å². The summed E-state index contributed by atoms with van der Waals surface area (Å²) in [6, 6.07) is 5.32. The van der Waals surface area contributed by atoms with Gasteiger partial charge < -0.3 is 19.7 Å². The minimum Gasteiger partial charge on any atom is -0.496 e. The van der Waals surface area contributed by atoms with E-state index >= 15 is 0 Å². The number of rotatable bonds is 4. The molecule has 0 atom stereocenters. The van der Waals surface area contributed by atoms with Crippen LogP contribution in [0.5, 0.6) is 5.75 Å². The van der Waals surface area contributed by atoms with Crippen molar-refractivity contribution in [3.05, 3.63) is 24.0 Å². The number of nitrogens with two attached hydrogens (primary N) is 1. The lowest BCUT2D eigenvalue weighted by molar-refractivity contribution is -0.0858. The fraction of sp³-hybridized carbons (Fsp3) is 0.429. The predicted molar refractivity (Wildman–Crippen MR) is 73.2 cm³/mol. The van der Waals surface area contributed by atoms with Gasteiger partial charge in [-0.25, -0.2) is 0 Å². The number of ether oxygens (including phenoxy) is 2. The van der Waals surface area contributed by atoms with Crippen LogP contribution < -0.4 is 10.5 Å². The molecule has 1 aliphatic rings. The summed E-state index contributed by atoms with van der Waals surface area (Å²) in [5, 5.41) is 4.06. The van der Waals surface area contributed by atoms with E-state index < -0.39 is 0 Å². The van der Waals surface area contributed by atoms with Crippen molar-refractivity contribution in [2.75, 3.05) is 20.0 Å². The van der Waals surface area contributed by atoms with Gasteiger partial charge in [0.1, 0.15) is 11.4 Å². The molecule has 1 fully saturated rings. The minimum absolute atomic E-state index is 0.386. The van der Waals surface area contributed by atoms with E-state index in [4.69, 9.17) is 19.7 Å². The average molecular weight is 275 g/mol. The van der Waals surface area contributed by atoms with Gasteiger partial charge in [0.2, 0.25) is 5.82 Å². The largest absolute Gasteiger partial charge is 0.496 e. The first-order valence-corrected chi connectivity index (χ1v) is 6.52. The van der Waals surface area contributed by atoms with Crippen LogP contribution in [0.1, 0.15) is 25.1 Å². The Kier molecular flexibility index (Phi) is 3.10. The molecular formula is C14H17N3O3. The fourth-order valence-electron chi connectivity index (χ4n) is 2.42. The Bertz CT molecular complexity index is 614. The van der Waals surface area contributed by atoms with Crippen LogP contribution in [0.25, 0.3) is 11.5 Å². The number of nitrogens with zero attached hydrogens (tertiary/aromatic N) is 2. The van der Waals surface area contributed by atoms with Crippen LogP contribution in [-0.4, -0.2) is 24.4 Å². The number of hydrogen-bond donors (Lipinski definition) is 1. The van der Waals surface area contributed by atoms with Gasteiger partial charge in [0, 0.05) is 18.9 Å². The quantitative estimate of drug-likeness (QED) is 0.862. The highest BCUT2D eigenvalue weighted by atomic mass is 16.5. The Hall–Kier alpha value is -2.08. The van der Waals surface area contributed by atoms with Gasteiger partial charge in [0.05, 0.1) is 12.7 Å². The van der Waals surface area contributed by atoms with E-state index in [2.05, 4.69) is 10.1 Å². The minimum atomic E-state index is -0.386. The average Bonchev–Trinajstić information content (AvgIpc) is 2.88. The number of benzene rings is 1. The molecule has 2 aromatic rings. The molecule has 20 heavy (non-hydrogen) atoms. The van der Waals surface area contributed by atoms with Crippen LogP contribution in [-0.2, 0) is 10.3 Å². The van der Waals surface area contributed by atoms with Crippen molar-refractivity contribution in [3.63, 3.8) is 0 Å². The Morgan fingerprint density at radius 1 is 1.30 bits per heavy atom. The molecular weight excluding hydrogens is 258 g/mol. The highest BCUT2D eigenvalue weighted by Crippen LogP contribution is 2.43. The molecule has 3 rings (SSSR count). The van der Waals surface area contributed by atoms with Crippen LogP contribution >= 0.6 is 0 Å². The first-order chi connectivity index (χ1) is 9.68. The Morgan fingerprint density at radius 3 is 2.70 bits per heavy atom. The summed E-state index contributed by atoms with van der Waals surface area (Å²) in [4.78, 5) is 4.46. The molecule has 0 amide bonds. The third-order valence-corrected chi connectivity index (χ3v) is 3.84. The molecule has 6 heteroatoms. The zero-order valence-corrected chi connectivity index (χ0v) is 11.5. The number of anilines is 1. The smallest absolute Gasteiger partial charge is 0.261 e. The van der Waals surface area contributed by atoms with Gasteiger partial charge in [-0.15, -0.1) is 0 Å². The van der Waals surface area contributed by atoms with Crippen molar-refractivity contribution in [3.8, 4) is 17.2 Å². The van der Waals surface area contributed by atoms with E-state index in [-0.39, 0.29) is 5.60 Å². The molecule has 1 heterocycles. The maximum atomic E-state index is 5.74. The van der Waals surface area contributed by atoms with Crippen molar-refractivity contribution in [2.45, 2.75) is 24.9 Å². The van der Waals surface area contributed by atoms with E-state index in [1.54, 1.807) is 26.4 Å². The maximum Gasteiger partial charge on any atom is 0.261 e. The zero-order chi connectivity index (χ0) is 14.2. The van der Waals surface area contributed by atoms with Crippen molar-refractivity contribution in [1.82, 2.24) is 10.1 Å². The van der Waals surface area contributed by atoms with Gasteiger partial charge in [0.15, 0.2) is 0 Å². The highest BCUT2D eigenvalue weighted by Gasteiger charge is 2.43. The maximum absolute atomic E-state index is 5.74. The fourth-order valence-corrected chi connectivity index (χ4v) is 2.42. The van der Waals surface area contributed by atoms with Crippen LogP contribution in [0.4, 0.5) is 5.69 Å². The molecule has 6 nitrogen and oxygen atoms in total. The molecule has 1 aromatic heterocycles. The zero-order valence-electron chi connectivity index (χ0n) is 11.5. The van der Waals surface area contributed by atoms with Crippen LogP contribution in [0.15, 0.2) is 22.7 Å². The van der Waals surface area contributed by atoms with Gasteiger partial charge in [-0.1, -0.05) is 5.16 Å². The van der Waals surface area contributed by atoms with Gasteiger partial charge in [-0.05, 0) is 31.4 Å². The van der Waals surface area contributed by atoms with E-state index in [1.165, 1.54) is 0 Å². The topological polar surface area (TPSA) is 83.4 Å². The predicted octanol–water partition coefficient (Wildman–Crippen LogP) is 2.35. The SMILES string of the molecule is COc1cc(N)ccc1-c1nc(C2(OC)CCC2)no1. The molecule has 0 radical (unpaired) electrons. The lowest BCUT2D eigenvalue weighted by Crippen LogP contribution is -2.37. The Labute approximate surface area is 116 Å². The second-order valence-corrected chi connectivity index (χ2v) is 4.93. The van der Waals surface area contributed by atoms with E-state index in [0.29, 0.717) is 23.2 Å². The van der Waals surface area contributed by atoms with E-state index in [0.717, 1.165) is 24.8 Å². The molecule has 0 saturated heterocycles. The summed E-state index contributed by atoms with van der Waals surface area (Å²) >= 11 is 0. The lowest BCUT2D eigenvalue weighted by Gasteiger charge is -2.37. The summed E-state index contributed by atoms with van der Waals surface area (Å²) in [6.45, 7) is 0. The van der Waals surface area contributed by atoms with Gasteiger partial charge in [-0.3, -0.25) is 0 Å². The van der Waals surface area contributed by atoms with Crippen molar-refractivity contribution in [1.29, 1.82) is 0 Å². The first-order valence-electron chi connectivity index (χ1n) is 6.52. The summed E-state index contributed by atoms with van der Waals surface area (Å²) in [5.41, 5.74) is 6.71. The summed E-state index contributed by atoms with van der Waals surface area (Å²) in [7, 11) is 3.26. The molecule has 1 aliphatic carbocycles. The van der Waals surface area contributed by atoms with E-state index in [1.807, 2.05) is 6.07 Å². The molecule has 1 saturated carbocycles. The van der Waals surface area contributed by atoms with Crippen LogP contribution in [0.2, 0.25) is 0 Å². The number of nitrogen functional groups attached to an aromatic ring is 1. The molecule has 1 aromatic carbocycles. The van der Waals surface area contributed by atoms with Crippen molar-refractivity contribution < 1.29 is 14.0 Å². The van der Waals surface area contributed by atoms with Crippen molar-refractivity contribution >= 4 is 5.69 Å². The standard InChI is InChI=1S/C14H17N3O3/c1-18-11-8-9(15)4-5-10(11)12-16-13(17-20-12)14(19-2)6-3-7-14/h4-5,8H,3,6-7,15H2,1-2H3. The molecule has 2 N–H and O–H groups in total. The monoisotopic (exact) mass is 275 g/mol. The number of hydrogen-bond acceptors (Lipinski definition) is 6. The normalized spacial score (nSPS) is 16.7. The molecule has 0 unspecified atom stereocenters. The van der Waals surface area contributed by atoms with Gasteiger partial charge >= 0.3 is 0 Å². The summed E-state index contributed by atoms with van der Waals surface area (Å²) in [5.74, 6) is 1.63. The second kappa shape index (κ2) is 4.79. The van der Waals surface area contributed by atoms with Crippen molar-refractivity contribution in [2.24, 2.45) is 0 Å². The molecule has 0 bridgehead atoms. The summed E-state index contributed by atoms with van der Waals surface area (Å²) in [6.07, 6.45) is 2.95. The summed E-state index contributed by atoms with van der Waals surface area (Å²) < 4.78 is 16.2. The molecule has 0 spiro atoms. The molecule has 106 valence electrons. The van der Waals surface area contributed by atoms with Gasteiger partial charge in [0.25, 0.3) is 5.89 Å². The lowest BCUT2D eigenvalue weighted by atomic mass is 9.79. The van der Waals surface area contributed by atoms with Crippen LogP contribution in [0.3, 0.4) is 0 Å². The second-order valence-electron chi connectivity index (χ2n) is 4.93. The third-order valence-electron chi connectivity index (χ3n) is 3.84. The van der Waals surface area contributed by atoms with E-state index in [9.17, 15) is 0 Å². The Balaban J connectivity index is 1.98. The highest BCUT2D eigenvalue weighted by molar-refractivity contribution is 5.66.